The molecule has 8 nitrogen and oxygen atoms in total. The second-order valence-corrected chi connectivity index (χ2v) is 12.9. The van der Waals surface area contributed by atoms with E-state index in [0.717, 1.165) is 61.1 Å². The van der Waals surface area contributed by atoms with Crippen LogP contribution in [-0.2, 0) is 16.1 Å². The smallest absolute Gasteiger partial charge is 0.389 e. The van der Waals surface area contributed by atoms with Gasteiger partial charge in [0.2, 0.25) is 0 Å². The summed E-state index contributed by atoms with van der Waals surface area (Å²) in [6.07, 6.45) is 2.98. The fourth-order valence-electron chi connectivity index (χ4n) is 6.34. The van der Waals surface area contributed by atoms with Crippen LogP contribution in [0.1, 0.15) is 56.9 Å². The number of ether oxygens (including phenoxy) is 1. The predicted molar refractivity (Wildman–Crippen MR) is 162 cm³/mol. The molecule has 0 unspecified atom stereocenters. The molecule has 236 valence electrons. The Balaban J connectivity index is 1.09. The third-order valence-electron chi connectivity index (χ3n) is 8.92. The monoisotopic (exact) mass is 622 g/mol. The van der Waals surface area contributed by atoms with E-state index in [2.05, 4.69) is 43.9 Å². The Labute approximate surface area is 254 Å². The minimum Gasteiger partial charge on any atom is -0.394 e. The Bertz CT molecular complexity index is 1300. The average molecular weight is 623 g/mol. The minimum atomic E-state index is -4.10. The second kappa shape index (κ2) is 14.2. The third kappa shape index (κ3) is 8.21. The lowest BCUT2D eigenvalue weighted by Gasteiger charge is -2.34. The summed E-state index contributed by atoms with van der Waals surface area (Å²) in [6.45, 7) is 2.33. The average Bonchev–Trinajstić information content (AvgIpc) is 3.56. The van der Waals surface area contributed by atoms with Gasteiger partial charge in [-0.05, 0) is 80.0 Å². The number of alkyl halides is 3. The first-order chi connectivity index (χ1) is 20.7. The molecule has 12 heteroatoms. The van der Waals surface area contributed by atoms with Crippen LogP contribution in [0.25, 0.3) is 17.0 Å². The van der Waals surface area contributed by atoms with Gasteiger partial charge in [-0.25, -0.2) is 4.31 Å². The fraction of sp³-hybridized carbons (Fsp3) is 0.613. The molecule has 1 saturated heterocycles. The van der Waals surface area contributed by atoms with Gasteiger partial charge in [-0.1, -0.05) is 24.1 Å². The van der Waals surface area contributed by atoms with Crippen molar-refractivity contribution in [3.63, 3.8) is 0 Å². The first kappa shape index (κ1) is 32.0. The standard InChI is InChI=1S/C31H41F3N4O4S/c32-31(33,34)11-8-22-4-6-24(7-5-22)28-35-29(41)30(36-28)12-15-38(16-13-30)43-19-10-23-2-1-3-27-26(23)9-14-37(27)17-18-42-21-25(40)20-39/h1-3,9-10,14,19,22,24-25,39-40H,4-8,11-13,15-18,20-21H2,(H,35,36,41)/b19-10+/t22?,24?,25-/m0/s1. The van der Waals surface area contributed by atoms with Crippen LogP contribution in [0, 0.1) is 11.8 Å². The van der Waals surface area contributed by atoms with Gasteiger partial charge in [0, 0.05) is 49.1 Å². The summed E-state index contributed by atoms with van der Waals surface area (Å²) in [7, 11) is 0. The van der Waals surface area contributed by atoms with Crippen LogP contribution >= 0.6 is 11.9 Å². The molecule has 3 N–H and O–H groups in total. The van der Waals surface area contributed by atoms with Crippen LogP contribution in [0.4, 0.5) is 13.2 Å². The number of fused-ring (bicyclic) bond motifs is 1. The van der Waals surface area contributed by atoms with Crippen LogP contribution in [0.5, 0.6) is 0 Å². The minimum absolute atomic E-state index is 0.0342. The molecule has 3 aliphatic rings. The molecular weight excluding hydrogens is 581 g/mol. The van der Waals surface area contributed by atoms with E-state index in [1.165, 1.54) is 0 Å². The number of nitrogens with one attached hydrogen (secondary N) is 1. The zero-order chi connectivity index (χ0) is 30.5. The number of piperidine rings is 1. The van der Waals surface area contributed by atoms with Crippen molar-refractivity contribution in [1.29, 1.82) is 0 Å². The molecule has 1 aromatic heterocycles. The Hall–Kier alpha value is -2.38. The number of aliphatic hydroxyl groups excluding tert-OH is 2. The molecule has 2 fully saturated rings. The maximum atomic E-state index is 13.0. The number of hydrogen-bond acceptors (Lipinski definition) is 7. The maximum absolute atomic E-state index is 13.0. The number of hydrogen-bond donors (Lipinski definition) is 3. The zero-order valence-corrected chi connectivity index (χ0v) is 25.1. The largest absolute Gasteiger partial charge is 0.394 e. The van der Waals surface area contributed by atoms with Crippen molar-refractivity contribution in [1.82, 2.24) is 14.2 Å². The van der Waals surface area contributed by atoms with Gasteiger partial charge in [-0.2, -0.15) is 13.2 Å². The zero-order valence-electron chi connectivity index (χ0n) is 24.3. The number of amides is 1. The second-order valence-electron chi connectivity index (χ2n) is 11.9. The Kier molecular flexibility index (Phi) is 10.5. The molecular formula is C31H41F3N4O4S. The Morgan fingerprint density at radius 3 is 2.67 bits per heavy atom. The quantitative estimate of drug-likeness (QED) is 0.224. The molecule has 1 saturated carbocycles. The van der Waals surface area contributed by atoms with Gasteiger partial charge in [-0.3, -0.25) is 9.79 Å². The summed E-state index contributed by atoms with van der Waals surface area (Å²) in [4.78, 5) is 17.9. The van der Waals surface area contributed by atoms with Gasteiger partial charge in [0.15, 0.2) is 0 Å². The van der Waals surface area contributed by atoms with Gasteiger partial charge in [0.25, 0.3) is 5.91 Å². The molecule has 1 aliphatic carbocycles. The molecule has 1 aromatic carbocycles. The highest BCUT2D eigenvalue weighted by molar-refractivity contribution is 8.00. The number of carbonyl (C=O) groups excluding carboxylic acids is 1. The molecule has 43 heavy (non-hydrogen) atoms. The fourth-order valence-corrected chi connectivity index (χ4v) is 7.11. The molecule has 2 aliphatic heterocycles. The number of nitrogens with zero attached hydrogens (tertiary/aromatic N) is 3. The summed E-state index contributed by atoms with van der Waals surface area (Å²) in [6, 6.07) is 8.24. The van der Waals surface area contributed by atoms with Gasteiger partial charge < -0.3 is 24.8 Å². The van der Waals surface area contributed by atoms with E-state index in [9.17, 15) is 23.1 Å². The third-order valence-corrected chi connectivity index (χ3v) is 9.84. The number of carbonyl (C=O) groups is 1. The van der Waals surface area contributed by atoms with Crippen molar-refractivity contribution >= 4 is 40.7 Å². The molecule has 1 atom stereocenters. The lowest BCUT2D eigenvalue weighted by atomic mass is 9.79. The molecule has 0 bridgehead atoms. The van der Waals surface area contributed by atoms with Crippen LogP contribution < -0.4 is 5.32 Å². The number of aliphatic imine (C=N–C) groups is 1. The summed E-state index contributed by atoms with van der Waals surface area (Å²) in [5, 5.41) is 24.6. The normalized spacial score (nSPS) is 23.7. The summed E-state index contributed by atoms with van der Waals surface area (Å²) in [5.74, 6) is 0.941. The lowest BCUT2D eigenvalue weighted by Crippen LogP contribution is -2.47. The highest BCUT2D eigenvalue weighted by Crippen LogP contribution is 2.38. The van der Waals surface area contributed by atoms with Crippen LogP contribution in [0.2, 0.25) is 0 Å². The van der Waals surface area contributed by atoms with E-state index >= 15 is 0 Å². The first-order valence-electron chi connectivity index (χ1n) is 15.2. The molecule has 0 radical (unpaired) electrons. The van der Waals surface area contributed by atoms with Crippen molar-refractivity contribution < 1.29 is 32.9 Å². The van der Waals surface area contributed by atoms with Crippen molar-refractivity contribution in [3.8, 4) is 0 Å². The lowest BCUT2D eigenvalue weighted by molar-refractivity contribution is -0.138. The van der Waals surface area contributed by atoms with Crippen LogP contribution in [0.15, 0.2) is 40.9 Å². The number of halogens is 3. The first-order valence-corrected chi connectivity index (χ1v) is 16.0. The summed E-state index contributed by atoms with van der Waals surface area (Å²) >= 11 is 1.63. The van der Waals surface area contributed by atoms with Crippen molar-refractivity contribution in [2.24, 2.45) is 16.8 Å². The van der Waals surface area contributed by atoms with E-state index in [1.54, 1.807) is 11.9 Å². The van der Waals surface area contributed by atoms with Gasteiger partial charge >= 0.3 is 6.18 Å². The highest BCUT2D eigenvalue weighted by atomic mass is 32.2. The molecule has 3 heterocycles. The van der Waals surface area contributed by atoms with Gasteiger partial charge in [-0.15, -0.1) is 0 Å². The van der Waals surface area contributed by atoms with E-state index < -0.39 is 24.2 Å². The van der Waals surface area contributed by atoms with E-state index in [0.29, 0.717) is 26.0 Å². The number of amidine groups is 1. The SMILES string of the molecule is O=C1NC(C2CCC(CCC(F)(F)F)CC2)=NC12CCN(S/C=C/c1cccc3c1ccn3CCOC[C@@H](O)CO)CC2. The predicted octanol–water partition coefficient (Wildman–Crippen LogP) is 5.14. The van der Waals surface area contributed by atoms with Crippen molar-refractivity contribution in [2.45, 2.75) is 75.7 Å². The molecule has 1 spiro atoms. The number of rotatable bonds is 12. The molecule has 2 aromatic rings. The topological polar surface area (TPSA) is 99.3 Å². The van der Waals surface area contributed by atoms with E-state index in [4.69, 9.17) is 14.8 Å². The van der Waals surface area contributed by atoms with Crippen molar-refractivity contribution in [3.05, 3.63) is 41.4 Å². The highest BCUT2D eigenvalue weighted by Gasteiger charge is 2.47. The maximum Gasteiger partial charge on any atom is 0.389 e. The Morgan fingerprint density at radius 1 is 1.19 bits per heavy atom. The van der Waals surface area contributed by atoms with Crippen LogP contribution in [-0.4, -0.2) is 81.6 Å². The summed E-state index contributed by atoms with van der Waals surface area (Å²) < 4.78 is 47.6. The number of aliphatic hydroxyl groups is 2. The van der Waals surface area contributed by atoms with Gasteiger partial charge in [0.05, 0.1) is 19.8 Å². The summed E-state index contributed by atoms with van der Waals surface area (Å²) in [5.41, 5.74) is 1.47. The van der Waals surface area contributed by atoms with E-state index in [1.807, 2.05) is 12.3 Å². The molecule has 5 rings (SSSR count). The number of aromatic nitrogens is 1. The number of benzene rings is 1. The van der Waals surface area contributed by atoms with E-state index in [-0.39, 0.29) is 37.4 Å². The molecule has 1 amide bonds. The Morgan fingerprint density at radius 2 is 1.95 bits per heavy atom. The van der Waals surface area contributed by atoms with Gasteiger partial charge in [0.1, 0.15) is 17.5 Å². The van der Waals surface area contributed by atoms with Crippen molar-refractivity contribution in [2.75, 3.05) is 32.9 Å². The van der Waals surface area contributed by atoms with Crippen LogP contribution in [0.3, 0.4) is 0 Å².